The molecule has 0 bridgehead atoms. The number of nitrogens with zero attached hydrogens (tertiary/aromatic N) is 4. The Balaban J connectivity index is 2.17. The molecule has 1 unspecified atom stereocenters. The summed E-state index contributed by atoms with van der Waals surface area (Å²) in [6.07, 6.45) is -2.35. The van der Waals surface area contributed by atoms with Gasteiger partial charge in [-0.05, 0) is 13.8 Å². The lowest BCUT2D eigenvalue weighted by molar-refractivity contribution is -0.159. The van der Waals surface area contributed by atoms with Gasteiger partial charge < -0.3 is 4.52 Å². The van der Waals surface area contributed by atoms with Gasteiger partial charge in [0.1, 0.15) is 4.90 Å². The van der Waals surface area contributed by atoms with Gasteiger partial charge in [0.25, 0.3) is 0 Å². The summed E-state index contributed by atoms with van der Waals surface area (Å²) in [5.74, 6) is -1.95. The van der Waals surface area contributed by atoms with Crippen LogP contribution in [0.15, 0.2) is 21.8 Å². The van der Waals surface area contributed by atoms with Gasteiger partial charge in [0.05, 0.1) is 12.2 Å². The second-order valence-electron chi connectivity index (χ2n) is 4.33. The summed E-state index contributed by atoms with van der Waals surface area (Å²) in [4.78, 5) is 3.02. The number of aryl methyl sites for hydroxylation is 1. The molecule has 0 amide bonds. The van der Waals surface area contributed by atoms with Crippen molar-refractivity contribution in [2.45, 2.75) is 37.5 Å². The van der Waals surface area contributed by atoms with Gasteiger partial charge in [-0.1, -0.05) is 5.16 Å². The van der Waals surface area contributed by atoms with E-state index in [0.717, 1.165) is 6.20 Å². The third-order valence-corrected chi connectivity index (χ3v) is 4.14. The van der Waals surface area contributed by atoms with Crippen LogP contribution in [-0.4, -0.2) is 28.3 Å². The number of hydrogen-bond donors (Lipinski definition) is 1. The van der Waals surface area contributed by atoms with Crippen molar-refractivity contribution in [1.82, 2.24) is 24.6 Å². The quantitative estimate of drug-likeness (QED) is 0.882. The third-order valence-electron chi connectivity index (χ3n) is 2.65. The van der Waals surface area contributed by atoms with Crippen molar-refractivity contribution in [2.24, 2.45) is 0 Å². The van der Waals surface area contributed by atoms with Gasteiger partial charge >= 0.3 is 12.1 Å². The first kappa shape index (κ1) is 16.4. The molecule has 0 fully saturated rings. The minimum Gasteiger partial charge on any atom is -0.329 e. The summed E-state index contributed by atoms with van der Waals surface area (Å²) in [6, 6.07) is -1.10. The SMILES string of the molecule is CCn1cc(S(=O)(=O)NC(C)c2noc(C(F)(F)F)n2)cn1. The fourth-order valence-electron chi connectivity index (χ4n) is 1.54. The molecule has 2 heterocycles. The highest BCUT2D eigenvalue weighted by Crippen LogP contribution is 2.28. The summed E-state index contributed by atoms with van der Waals surface area (Å²) < 4.78 is 68.9. The predicted molar refractivity (Wildman–Crippen MR) is 65.9 cm³/mol. The predicted octanol–water partition coefficient (Wildman–Crippen LogP) is 1.34. The van der Waals surface area contributed by atoms with E-state index in [1.54, 1.807) is 6.92 Å². The van der Waals surface area contributed by atoms with Crippen LogP contribution in [-0.2, 0) is 22.7 Å². The van der Waals surface area contributed by atoms with E-state index >= 15 is 0 Å². The Hall–Kier alpha value is -1.95. The fourth-order valence-corrected chi connectivity index (χ4v) is 2.69. The minimum absolute atomic E-state index is 0.110. The van der Waals surface area contributed by atoms with Crippen molar-refractivity contribution in [3.05, 3.63) is 24.1 Å². The van der Waals surface area contributed by atoms with Gasteiger partial charge in [-0.2, -0.15) is 23.3 Å². The van der Waals surface area contributed by atoms with Crippen molar-refractivity contribution in [2.75, 3.05) is 0 Å². The van der Waals surface area contributed by atoms with Crippen LogP contribution < -0.4 is 4.72 Å². The van der Waals surface area contributed by atoms with Gasteiger partial charge in [-0.25, -0.2) is 13.1 Å². The Morgan fingerprint density at radius 1 is 1.45 bits per heavy atom. The number of hydrogen-bond acceptors (Lipinski definition) is 6. The van der Waals surface area contributed by atoms with E-state index < -0.39 is 34.0 Å². The first-order valence-electron chi connectivity index (χ1n) is 6.09. The third kappa shape index (κ3) is 3.44. The van der Waals surface area contributed by atoms with E-state index in [0.29, 0.717) is 6.54 Å². The molecule has 1 N–H and O–H groups in total. The normalized spacial score (nSPS) is 14.2. The molecular formula is C10H12F3N5O3S. The summed E-state index contributed by atoms with van der Waals surface area (Å²) in [7, 11) is -3.96. The molecule has 2 aromatic rings. The number of sulfonamides is 1. The number of nitrogens with one attached hydrogen (secondary N) is 1. The Kier molecular flexibility index (Phi) is 4.24. The van der Waals surface area contributed by atoms with E-state index in [2.05, 4.69) is 24.5 Å². The van der Waals surface area contributed by atoms with E-state index in [9.17, 15) is 21.6 Å². The smallest absolute Gasteiger partial charge is 0.329 e. The van der Waals surface area contributed by atoms with Gasteiger partial charge in [0.15, 0.2) is 5.82 Å². The molecule has 0 saturated carbocycles. The molecule has 2 rings (SSSR count). The first-order valence-corrected chi connectivity index (χ1v) is 7.57. The van der Waals surface area contributed by atoms with E-state index in [1.165, 1.54) is 17.8 Å². The van der Waals surface area contributed by atoms with Crippen molar-refractivity contribution < 1.29 is 26.1 Å². The van der Waals surface area contributed by atoms with Crippen LogP contribution in [0.1, 0.15) is 31.6 Å². The molecule has 1 atom stereocenters. The van der Waals surface area contributed by atoms with Crippen LogP contribution in [0.5, 0.6) is 0 Å². The summed E-state index contributed by atoms with van der Waals surface area (Å²) in [5.41, 5.74) is 0. The maximum absolute atomic E-state index is 12.4. The van der Waals surface area contributed by atoms with Crippen LogP contribution in [0.4, 0.5) is 13.2 Å². The lowest BCUT2D eigenvalue weighted by atomic mass is 10.3. The zero-order chi connectivity index (χ0) is 16.5. The molecule has 0 spiro atoms. The van der Waals surface area contributed by atoms with Crippen molar-refractivity contribution >= 4 is 10.0 Å². The van der Waals surface area contributed by atoms with Crippen molar-refractivity contribution in [1.29, 1.82) is 0 Å². The first-order chi connectivity index (χ1) is 10.1. The van der Waals surface area contributed by atoms with Crippen LogP contribution in [0.3, 0.4) is 0 Å². The summed E-state index contributed by atoms with van der Waals surface area (Å²) in [5, 5.41) is 6.94. The zero-order valence-corrected chi connectivity index (χ0v) is 12.3. The standard InChI is InChI=1S/C10H12F3N5O3S/c1-3-18-5-7(4-14-18)22(19,20)17-6(2)8-15-9(21-16-8)10(11,12)13/h4-6,17H,3H2,1-2H3. The molecular weight excluding hydrogens is 327 g/mol. The van der Waals surface area contributed by atoms with Gasteiger partial charge in [-0.15, -0.1) is 0 Å². The molecule has 0 saturated heterocycles. The largest absolute Gasteiger partial charge is 0.471 e. The van der Waals surface area contributed by atoms with E-state index in [-0.39, 0.29) is 4.90 Å². The topological polar surface area (TPSA) is 103 Å². The number of halogens is 3. The lowest BCUT2D eigenvalue weighted by Crippen LogP contribution is -2.27. The Bertz CT molecular complexity index is 752. The zero-order valence-electron chi connectivity index (χ0n) is 11.5. The monoisotopic (exact) mass is 339 g/mol. The average molecular weight is 339 g/mol. The maximum atomic E-state index is 12.4. The van der Waals surface area contributed by atoms with Gasteiger partial charge in [-0.3, -0.25) is 4.68 Å². The van der Waals surface area contributed by atoms with Crippen molar-refractivity contribution in [3.63, 3.8) is 0 Å². The molecule has 22 heavy (non-hydrogen) atoms. The Morgan fingerprint density at radius 3 is 2.64 bits per heavy atom. The number of aromatic nitrogens is 4. The second-order valence-corrected chi connectivity index (χ2v) is 6.04. The highest BCUT2D eigenvalue weighted by Gasteiger charge is 2.39. The van der Waals surface area contributed by atoms with Crippen LogP contribution in [0.25, 0.3) is 0 Å². The molecule has 0 aromatic carbocycles. The molecule has 0 radical (unpaired) electrons. The van der Waals surface area contributed by atoms with Crippen LogP contribution in [0.2, 0.25) is 0 Å². The highest BCUT2D eigenvalue weighted by molar-refractivity contribution is 7.89. The Labute approximate surface area is 123 Å². The van der Waals surface area contributed by atoms with E-state index in [4.69, 9.17) is 0 Å². The highest BCUT2D eigenvalue weighted by atomic mass is 32.2. The summed E-state index contributed by atoms with van der Waals surface area (Å²) in [6.45, 7) is 3.55. The molecule has 12 heteroatoms. The molecule has 0 aliphatic carbocycles. The fraction of sp³-hybridized carbons (Fsp3) is 0.500. The minimum atomic E-state index is -4.79. The maximum Gasteiger partial charge on any atom is 0.471 e. The number of rotatable bonds is 5. The molecule has 0 aliphatic heterocycles. The molecule has 0 aliphatic rings. The summed E-state index contributed by atoms with van der Waals surface area (Å²) >= 11 is 0. The molecule has 2 aromatic heterocycles. The van der Waals surface area contributed by atoms with E-state index in [1.807, 2.05) is 0 Å². The van der Waals surface area contributed by atoms with Crippen LogP contribution in [0, 0.1) is 0 Å². The van der Waals surface area contributed by atoms with Gasteiger partial charge in [0.2, 0.25) is 10.0 Å². The Morgan fingerprint density at radius 2 is 2.14 bits per heavy atom. The molecule has 122 valence electrons. The van der Waals surface area contributed by atoms with Gasteiger partial charge in [0, 0.05) is 12.7 Å². The van der Waals surface area contributed by atoms with Crippen molar-refractivity contribution in [3.8, 4) is 0 Å². The van der Waals surface area contributed by atoms with Crippen LogP contribution >= 0.6 is 0 Å². The number of alkyl halides is 3. The average Bonchev–Trinajstić information content (AvgIpc) is 3.07. The molecule has 8 nitrogen and oxygen atoms in total. The second kappa shape index (κ2) is 5.68. The lowest BCUT2D eigenvalue weighted by Gasteiger charge is -2.09.